The van der Waals surface area contributed by atoms with E-state index in [0.29, 0.717) is 5.92 Å². The molecule has 0 bridgehead atoms. The van der Waals surface area contributed by atoms with Crippen LogP contribution in [0.25, 0.3) is 0 Å². The molecule has 0 spiro atoms. The molecule has 1 rings (SSSR count). The molecule has 0 aromatic carbocycles. The van der Waals surface area contributed by atoms with Crippen LogP contribution in [-0.4, -0.2) is 14.2 Å². The van der Waals surface area contributed by atoms with Crippen molar-refractivity contribution < 1.29 is 0 Å². The second-order valence-electron chi connectivity index (χ2n) is 2.68. The van der Waals surface area contributed by atoms with Crippen molar-refractivity contribution in [3.8, 4) is 0 Å². The quantitative estimate of drug-likeness (QED) is 0.653. The van der Waals surface area contributed by atoms with Gasteiger partial charge in [0.15, 0.2) is 5.82 Å². The molecule has 0 radical (unpaired) electrons. The molecule has 0 aliphatic rings. The van der Waals surface area contributed by atoms with Crippen molar-refractivity contribution in [3.63, 3.8) is 0 Å². The predicted octanol–water partition coefficient (Wildman–Crippen LogP) is 1.17. The third-order valence-corrected chi connectivity index (χ3v) is 1.31. The number of thiol groups is 1. The molecule has 1 heterocycles. The number of aromatic nitrogens is 3. The molecule has 3 nitrogen and oxygen atoms in total. The summed E-state index contributed by atoms with van der Waals surface area (Å²) in [5.41, 5.74) is 0. The Bertz CT molecular complexity index is 207. The van der Waals surface area contributed by atoms with Crippen LogP contribution in [-0.2, 0) is 6.42 Å². The van der Waals surface area contributed by atoms with Crippen LogP contribution in [0.2, 0.25) is 0 Å². The normalized spacial score (nSPS) is 10.8. The summed E-state index contributed by atoms with van der Waals surface area (Å²) in [6, 6.07) is 0. The zero-order valence-electron chi connectivity index (χ0n) is 6.15. The maximum atomic E-state index is 4.03. The van der Waals surface area contributed by atoms with Crippen LogP contribution in [0.3, 0.4) is 0 Å². The van der Waals surface area contributed by atoms with E-state index in [1.54, 1.807) is 6.33 Å². The molecule has 0 saturated carbocycles. The fourth-order valence-corrected chi connectivity index (χ4v) is 0.902. The SMILES string of the molecule is CC(C)Cc1ncn(S)n1. The first kappa shape index (κ1) is 7.60. The lowest BCUT2D eigenvalue weighted by atomic mass is 10.1. The van der Waals surface area contributed by atoms with Crippen molar-refractivity contribution in [2.75, 3.05) is 0 Å². The molecule has 0 fully saturated rings. The van der Waals surface area contributed by atoms with E-state index in [-0.39, 0.29) is 0 Å². The number of hydrogen-bond donors (Lipinski definition) is 1. The average molecular weight is 157 g/mol. The highest BCUT2D eigenvalue weighted by molar-refractivity contribution is 7.78. The van der Waals surface area contributed by atoms with Gasteiger partial charge in [0, 0.05) is 6.42 Å². The Kier molecular flexibility index (Phi) is 2.32. The van der Waals surface area contributed by atoms with E-state index < -0.39 is 0 Å². The maximum Gasteiger partial charge on any atom is 0.151 e. The largest absolute Gasteiger partial charge is 0.219 e. The van der Waals surface area contributed by atoms with Crippen molar-refractivity contribution in [1.29, 1.82) is 0 Å². The van der Waals surface area contributed by atoms with Crippen LogP contribution < -0.4 is 0 Å². The number of nitrogens with zero attached hydrogens (tertiary/aromatic N) is 3. The van der Waals surface area contributed by atoms with E-state index in [9.17, 15) is 0 Å². The molecule has 0 unspecified atom stereocenters. The summed E-state index contributed by atoms with van der Waals surface area (Å²) in [4.78, 5) is 4.03. The Labute approximate surface area is 66.0 Å². The van der Waals surface area contributed by atoms with Crippen molar-refractivity contribution in [2.24, 2.45) is 5.92 Å². The first-order valence-electron chi connectivity index (χ1n) is 3.28. The molecule has 0 aliphatic heterocycles. The summed E-state index contributed by atoms with van der Waals surface area (Å²) < 4.78 is 1.43. The van der Waals surface area contributed by atoms with Crippen molar-refractivity contribution in [2.45, 2.75) is 20.3 Å². The topological polar surface area (TPSA) is 30.7 Å². The maximum absolute atomic E-state index is 4.03. The van der Waals surface area contributed by atoms with Gasteiger partial charge < -0.3 is 0 Å². The molecular weight excluding hydrogens is 146 g/mol. The van der Waals surface area contributed by atoms with Crippen molar-refractivity contribution in [3.05, 3.63) is 12.2 Å². The minimum Gasteiger partial charge on any atom is -0.219 e. The molecule has 0 saturated heterocycles. The monoisotopic (exact) mass is 157 g/mol. The zero-order chi connectivity index (χ0) is 7.56. The molecule has 4 heteroatoms. The van der Waals surface area contributed by atoms with Crippen LogP contribution in [0.15, 0.2) is 6.33 Å². The minimum atomic E-state index is 0.607. The first-order valence-corrected chi connectivity index (χ1v) is 3.68. The molecule has 1 aromatic heterocycles. The Morgan fingerprint density at radius 3 is 2.80 bits per heavy atom. The van der Waals surface area contributed by atoms with E-state index in [4.69, 9.17) is 0 Å². The number of rotatable bonds is 2. The van der Waals surface area contributed by atoms with Gasteiger partial charge in [-0.2, -0.15) is 4.09 Å². The standard InChI is InChI=1S/C6H11N3S/c1-5(2)3-6-7-4-9(10)8-6/h4-5,10H,3H2,1-2H3. The van der Waals surface area contributed by atoms with Gasteiger partial charge >= 0.3 is 0 Å². The summed E-state index contributed by atoms with van der Waals surface area (Å²) in [5.74, 6) is 1.47. The molecule has 0 atom stereocenters. The van der Waals surface area contributed by atoms with Gasteiger partial charge in [-0.3, -0.25) is 0 Å². The van der Waals surface area contributed by atoms with Gasteiger partial charge in [0.05, 0.1) is 0 Å². The summed E-state index contributed by atoms with van der Waals surface area (Å²) >= 11 is 3.97. The van der Waals surface area contributed by atoms with E-state index in [1.165, 1.54) is 4.09 Å². The summed E-state index contributed by atoms with van der Waals surface area (Å²) in [6.45, 7) is 4.28. The van der Waals surface area contributed by atoms with Gasteiger partial charge in [0.25, 0.3) is 0 Å². The highest BCUT2D eigenvalue weighted by atomic mass is 32.1. The Morgan fingerprint density at radius 1 is 1.70 bits per heavy atom. The van der Waals surface area contributed by atoms with Crippen LogP contribution >= 0.6 is 12.8 Å². The molecule has 10 heavy (non-hydrogen) atoms. The van der Waals surface area contributed by atoms with Gasteiger partial charge in [-0.05, 0) is 18.7 Å². The molecule has 56 valence electrons. The second-order valence-corrected chi connectivity index (χ2v) is 3.09. The lowest BCUT2D eigenvalue weighted by molar-refractivity contribution is 0.621. The molecule has 0 N–H and O–H groups in total. The fraction of sp³-hybridized carbons (Fsp3) is 0.667. The van der Waals surface area contributed by atoms with Gasteiger partial charge in [0.2, 0.25) is 0 Å². The van der Waals surface area contributed by atoms with Gasteiger partial charge in [-0.1, -0.05) is 13.8 Å². The van der Waals surface area contributed by atoms with Crippen LogP contribution in [0.5, 0.6) is 0 Å². The smallest absolute Gasteiger partial charge is 0.151 e. The van der Waals surface area contributed by atoms with Crippen LogP contribution in [0.4, 0.5) is 0 Å². The predicted molar refractivity (Wildman–Crippen MR) is 42.9 cm³/mol. The van der Waals surface area contributed by atoms with E-state index >= 15 is 0 Å². The summed E-state index contributed by atoms with van der Waals surface area (Å²) in [7, 11) is 0. The Morgan fingerprint density at radius 2 is 2.40 bits per heavy atom. The lowest BCUT2D eigenvalue weighted by Gasteiger charge is -1.96. The van der Waals surface area contributed by atoms with Gasteiger partial charge in [-0.25, -0.2) is 4.98 Å². The highest BCUT2D eigenvalue weighted by Crippen LogP contribution is 2.01. The average Bonchev–Trinajstić information content (AvgIpc) is 2.13. The third-order valence-electron chi connectivity index (χ3n) is 1.12. The van der Waals surface area contributed by atoms with Crippen molar-refractivity contribution >= 4 is 12.8 Å². The molecule has 1 aromatic rings. The molecule has 0 aliphatic carbocycles. The molecule has 0 amide bonds. The number of hydrogen-bond acceptors (Lipinski definition) is 3. The van der Waals surface area contributed by atoms with Crippen LogP contribution in [0.1, 0.15) is 19.7 Å². The first-order chi connectivity index (χ1) is 4.68. The Balaban J connectivity index is 2.58. The van der Waals surface area contributed by atoms with Crippen molar-refractivity contribution in [1.82, 2.24) is 14.2 Å². The fourth-order valence-electron chi connectivity index (χ4n) is 0.747. The zero-order valence-corrected chi connectivity index (χ0v) is 7.05. The van der Waals surface area contributed by atoms with Gasteiger partial charge in [0.1, 0.15) is 6.33 Å². The molecular formula is C6H11N3S. The minimum absolute atomic E-state index is 0.607. The van der Waals surface area contributed by atoms with E-state index in [0.717, 1.165) is 12.2 Å². The summed E-state index contributed by atoms with van der Waals surface area (Å²) in [5, 5.41) is 4.02. The second kappa shape index (κ2) is 3.05. The van der Waals surface area contributed by atoms with Crippen LogP contribution in [0, 0.1) is 5.92 Å². The van der Waals surface area contributed by atoms with E-state index in [2.05, 4.69) is 36.7 Å². The summed E-state index contributed by atoms with van der Waals surface area (Å²) in [6.07, 6.45) is 2.52. The van der Waals surface area contributed by atoms with E-state index in [1.807, 2.05) is 0 Å². The Hall–Kier alpha value is -0.510. The lowest BCUT2D eigenvalue weighted by Crippen LogP contribution is -1.96. The highest BCUT2D eigenvalue weighted by Gasteiger charge is 2.00. The third kappa shape index (κ3) is 2.02. The van der Waals surface area contributed by atoms with Gasteiger partial charge in [-0.15, -0.1) is 5.10 Å².